The fraction of sp³-hybridized carbons (Fsp3) is 0.562. The summed E-state index contributed by atoms with van der Waals surface area (Å²) in [4.78, 5) is 14.6. The number of hydrogen-bond acceptors (Lipinski definition) is 3. The summed E-state index contributed by atoms with van der Waals surface area (Å²) in [5.74, 6) is 0.0252. The Balaban J connectivity index is 1.76. The van der Waals surface area contributed by atoms with Crippen molar-refractivity contribution in [1.29, 1.82) is 0 Å². The van der Waals surface area contributed by atoms with Crippen LogP contribution in [0.25, 0.3) is 0 Å². The molecule has 0 aromatic heterocycles. The van der Waals surface area contributed by atoms with Gasteiger partial charge in [-0.1, -0.05) is 25.1 Å². The van der Waals surface area contributed by atoms with Crippen molar-refractivity contribution in [1.82, 2.24) is 10.2 Å². The Bertz CT molecular complexity index is 421. The Kier molecular flexibility index (Phi) is 5.56. The summed E-state index contributed by atoms with van der Waals surface area (Å²) in [6.45, 7) is 7.29. The second-order valence-electron chi connectivity index (χ2n) is 5.41. The first-order chi connectivity index (χ1) is 9.70. The molecule has 0 radical (unpaired) electrons. The van der Waals surface area contributed by atoms with Gasteiger partial charge in [0.1, 0.15) is 0 Å². The zero-order valence-corrected chi connectivity index (χ0v) is 12.4. The van der Waals surface area contributed by atoms with Gasteiger partial charge < -0.3 is 10.6 Å². The summed E-state index contributed by atoms with van der Waals surface area (Å²) in [7, 11) is 0. The number of amides is 1. The Hall–Kier alpha value is -1.39. The van der Waals surface area contributed by atoms with Crippen LogP contribution in [0, 0.1) is 0 Å². The molecule has 0 bridgehead atoms. The molecule has 4 nitrogen and oxygen atoms in total. The van der Waals surface area contributed by atoms with E-state index in [1.165, 1.54) is 19.4 Å². The molecule has 20 heavy (non-hydrogen) atoms. The summed E-state index contributed by atoms with van der Waals surface area (Å²) in [5.41, 5.74) is 0.849. The molecular formula is C16H25N3O. The second kappa shape index (κ2) is 7.41. The molecule has 1 aromatic carbocycles. The summed E-state index contributed by atoms with van der Waals surface area (Å²) in [5, 5.41) is 6.28. The van der Waals surface area contributed by atoms with Crippen LogP contribution in [-0.2, 0) is 4.79 Å². The zero-order valence-electron chi connectivity index (χ0n) is 12.4. The maximum absolute atomic E-state index is 12.1. The molecule has 110 valence electrons. The molecule has 1 aliphatic heterocycles. The molecule has 1 aliphatic rings. The van der Waals surface area contributed by atoms with Gasteiger partial charge in [0.15, 0.2) is 0 Å². The molecule has 1 aromatic rings. The fourth-order valence-corrected chi connectivity index (χ4v) is 2.72. The van der Waals surface area contributed by atoms with Crippen molar-refractivity contribution < 1.29 is 4.79 Å². The fourth-order valence-electron chi connectivity index (χ4n) is 2.72. The van der Waals surface area contributed by atoms with Gasteiger partial charge in [-0.25, -0.2) is 0 Å². The Morgan fingerprint density at radius 1 is 1.40 bits per heavy atom. The molecule has 1 heterocycles. The van der Waals surface area contributed by atoms with Gasteiger partial charge in [0, 0.05) is 18.3 Å². The van der Waals surface area contributed by atoms with Crippen LogP contribution >= 0.6 is 0 Å². The highest BCUT2D eigenvalue weighted by molar-refractivity contribution is 5.94. The van der Waals surface area contributed by atoms with Gasteiger partial charge in [0.25, 0.3) is 0 Å². The third-order valence-electron chi connectivity index (χ3n) is 4.00. The predicted molar refractivity (Wildman–Crippen MR) is 82.8 cm³/mol. The van der Waals surface area contributed by atoms with E-state index in [1.54, 1.807) is 0 Å². The van der Waals surface area contributed by atoms with Crippen LogP contribution in [-0.4, -0.2) is 42.5 Å². The van der Waals surface area contributed by atoms with Gasteiger partial charge in [0.2, 0.25) is 5.91 Å². The van der Waals surface area contributed by atoms with Crippen molar-refractivity contribution in [2.45, 2.75) is 38.8 Å². The third kappa shape index (κ3) is 4.05. The monoisotopic (exact) mass is 275 g/mol. The lowest BCUT2D eigenvalue weighted by Crippen LogP contribution is -2.45. The number of para-hydroxylation sites is 1. The number of nitrogens with zero attached hydrogens (tertiary/aromatic N) is 1. The minimum atomic E-state index is -0.172. The minimum Gasteiger partial charge on any atom is -0.325 e. The van der Waals surface area contributed by atoms with E-state index in [1.807, 2.05) is 37.3 Å². The summed E-state index contributed by atoms with van der Waals surface area (Å²) >= 11 is 0. The molecule has 1 saturated heterocycles. The normalized spacial score (nSPS) is 20.8. The molecular weight excluding hydrogens is 250 g/mol. The summed E-state index contributed by atoms with van der Waals surface area (Å²) in [6, 6.07) is 10.00. The van der Waals surface area contributed by atoms with E-state index in [0.717, 1.165) is 18.8 Å². The van der Waals surface area contributed by atoms with Crippen LogP contribution < -0.4 is 10.6 Å². The molecule has 1 fully saturated rings. The average molecular weight is 275 g/mol. The van der Waals surface area contributed by atoms with E-state index in [-0.39, 0.29) is 11.9 Å². The Labute approximate surface area is 121 Å². The maximum atomic E-state index is 12.1. The van der Waals surface area contributed by atoms with E-state index in [4.69, 9.17) is 0 Å². The Morgan fingerprint density at radius 2 is 2.15 bits per heavy atom. The van der Waals surface area contributed by atoms with Crippen LogP contribution in [0.1, 0.15) is 26.7 Å². The molecule has 0 spiro atoms. The van der Waals surface area contributed by atoms with Gasteiger partial charge in [-0.3, -0.25) is 9.69 Å². The van der Waals surface area contributed by atoms with Crippen molar-refractivity contribution in [2.24, 2.45) is 0 Å². The molecule has 1 amide bonds. The first kappa shape index (κ1) is 15.0. The number of hydrogen-bond donors (Lipinski definition) is 2. The number of carbonyl (C=O) groups is 1. The molecule has 2 N–H and O–H groups in total. The van der Waals surface area contributed by atoms with Crippen molar-refractivity contribution in [3.63, 3.8) is 0 Å². The van der Waals surface area contributed by atoms with Crippen LogP contribution in [0.15, 0.2) is 30.3 Å². The highest BCUT2D eigenvalue weighted by atomic mass is 16.2. The molecule has 2 rings (SSSR count). The number of likely N-dealkylation sites (tertiary alicyclic amines) is 1. The second-order valence-corrected chi connectivity index (χ2v) is 5.41. The van der Waals surface area contributed by atoms with Gasteiger partial charge in [0.05, 0.1) is 6.04 Å². The van der Waals surface area contributed by atoms with Crippen molar-refractivity contribution in [3.05, 3.63) is 30.3 Å². The first-order valence-electron chi connectivity index (χ1n) is 7.54. The van der Waals surface area contributed by atoms with Crippen molar-refractivity contribution >= 4 is 11.6 Å². The minimum absolute atomic E-state index is 0.0252. The number of nitrogens with one attached hydrogen (secondary N) is 2. The van der Waals surface area contributed by atoms with Crippen LogP contribution in [0.2, 0.25) is 0 Å². The number of anilines is 1. The number of benzene rings is 1. The lowest BCUT2D eigenvalue weighted by Gasteiger charge is -2.24. The van der Waals surface area contributed by atoms with Gasteiger partial charge in [-0.15, -0.1) is 0 Å². The quantitative estimate of drug-likeness (QED) is 0.835. The highest BCUT2D eigenvalue weighted by Crippen LogP contribution is 2.15. The topological polar surface area (TPSA) is 44.4 Å². The van der Waals surface area contributed by atoms with Crippen molar-refractivity contribution in [2.75, 3.05) is 25.0 Å². The Morgan fingerprint density at radius 3 is 2.85 bits per heavy atom. The van der Waals surface area contributed by atoms with E-state index in [0.29, 0.717) is 6.04 Å². The lowest BCUT2D eigenvalue weighted by atomic mass is 10.2. The lowest BCUT2D eigenvalue weighted by molar-refractivity contribution is -0.117. The van der Waals surface area contributed by atoms with E-state index in [2.05, 4.69) is 22.5 Å². The van der Waals surface area contributed by atoms with E-state index < -0.39 is 0 Å². The number of carbonyl (C=O) groups excluding carboxylic acids is 1. The highest BCUT2D eigenvalue weighted by Gasteiger charge is 2.23. The van der Waals surface area contributed by atoms with Crippen LogP contribution in [0.4, 0.5) is 5.69 Å². The predicted octanol–water partition coefficient (Wildman–Crippen LogP) is 2.09. The summed E-state index contributed by atoms with van der Waals surface area (Å²) < 4.78 is 0. The SMILES string of the molecule is CCN1CCCC1CNC(C)C(=O)Nc1ccccc1. The first-order valence-corrected chi connectivity index (χ1v) is 7.54. The largest absolute Gasteiger partial charge is 0.325 e. The molecule has 2 atom stereocenters. The molecule has 2 unspecified atom stereocenters. The number of rotatable bonds is 6. The maximum Gasteiger partial charge on any atom is 0.241 e. The average Bonchev–Trinajstić information content (AvgIpc) is 2.93. The third-order valence-corrected chi connectivity index (χ3v) is 4.00. The van der Waals surface area contributed by atoms with Crippen LogP contribution in [0.3, 0.4) is 0 Å². The summed E-state index contributed by atoms with van der Waals surface area (Å²) in [6.07, 6.45) is 2.50. The smallest absolute Gasteiger partial charge is 0.241 e. The standard InChI is InChI=1S/C16H25N3O/c1-3-19-11-7-10-15(19)12-17-13(2)16(20)18-14-8-5-4-6-9-14/h4-6,8-9,13,15,17H,3,7,10-12H2,1-2H3,(H,18,20). The van der Waals surface area contributed by atoms with Gasteiger partial charge >= 0.3 is 0 Å². The number of likely N-dealkylation sites (N-methyl/N-ethyl adjacent to an activating group) is 1. The molecule has 0 saturated carbocycles. The molecule has 0 aliphatic carbocycles. The van der Waals surface area contributed by atoms with Crippen molar-refractivity contribution in [3.8, 4) is 0 Å². The van der Waals surface area contributed by atoms with E-state index in [9.17, 15) is 4.79 Å². The van der Waals surface area contributed by atoms with Gasteiger partial charge in [-0.05, 0) is 45.0 Å². The zero-order chi connectivity index (χ0) is 14.4. The van der Waals surface area contributed by atoms with Gasteiger partial charge in [-0.2, -0.15) is 0 Å². The van der Waals surface area contributed by atoms with Crippen LogP contribution in [0.5, 0.6) is 0 Å². The molecule has 4 heteroatoms. The van der Waals surface area contributed by atoms with E-state index >= 15 is 0 Å².